The van der Waals surface area contributed by atoms with Gasteiger partial charge in [0.05, 0.1) is 0 Å². The maximum atomic E-state index is 13.2. The van der Waals surface area contributed by atoms with Crippen LogP contribution in [0.15, 0.2) is 64.4 Å². The molecule has 45 heavy (non-hydrogen) atoms. The molecule has 8 N–H and O–H groups in total. The van der Waals surface area contributed by atoms with Crippen LogP contribution in [0, 0.1) is 5.82 Å². The average molecular weight is 619 g/mol. The van der Waals surface area contributed by atoms with Crippen LogP contribution in [-0.2, 0) is 0 Å². The Morgan fingerprint density at radius 1 is 1.09 bits per heavy atom. The summed E-state index contributed by atoms with van der Waals surface area (Å²) >= 11 is 0. The smallest absolute Gasteiger partial charge is 0.425 e. The van der Waals surface area contributed by atoms with Crippen LogP contribution in [-0.4, -0.2) is 67.0 Å². The number of halogens is 1. The van der Waals surface area contributed by atoms with Crippen molar-refractivity contribution in [3.63, 3.8) is 0 Å². The molecule has 1 unspecified atom stereocenters. The first-order valence-electron chi connectivity index (χ1n) is 15.7. The molecular weight excluding hydrogens is 577 g/mol. The highest BCUT2D eigenvalue weighted by molar-refractivity contribution is 6.08. The molecule has 2 aromatic carbocycles. The summed E-state index contributed by atoms with van der Waals surface area (Å²) in [7, 11) is 0. The number of fused-ring (bicyclic) bond motifs is 2. The normalized spacial score (nSPS) is 23.0. The van der Waals surface area contributed by atoms with Crippen LogP contribution in [0.25, 0.3) is 0 Å². The van der Waals surface area contributed by atoms with Gasteiger partial charge in [-0.15, -0.1) is 0 Å². The minimum atomic E-state index is -0.341. The van der Waals surface area contributed by atoms with E-state index in [0.29, 0.717) is 54.4 Å². The Morgan fingerprint density at radius 3 is 2.58 bits per heavy atom. The average Bonchev–Trinajstić information content (AvgIpc) is 3.04. The summed E-state index contributed by atoms with van der Waals surface area (Å²) in [4.78, 5) is 37.2. The van der Waals surface area contributed by atoms with E-state index in [0.717, 1.165) is 62.0 Å². The molecule has 0 bridgehead atoms. The molecule has 1 saturated carbocycles. The molecule has 1 saturated heterocycles. The molecule has 4 amide bonds. The third kappa shape index (κ3) is 7.43. The first kappa shape index (κ1) is 30.5. The lowest BCUT2D eigenvalue weighted by Crippen LogP contribution is -3.17. The Bertz CT molecular complexity index is 1490. The quantitative estimate of drug-likeness (QED) is 0.151. The summed E-state index contributed by atoms with van der Waals surface area (Å²) in [6.07, 6.45) is 8.22. The van der Waals surface area contributed by atoms with Crippen LogP contribution in [0.2, 0.25) is 0 Å². The molecule has 13 heteroatoms. The van der Waals surface area contributed by atoms with Crippen molar-refractivity contribution in [2.45, 2.75) is 62.9 Å². The first-order chi connectivity index (χ1) is 21.8. The number of nitrogens with zero attached hydrogens (tertiary/aromatic N) is 3. The van der Waals surface area contributed by atoms with Crippen molar-refractivity contribution in [3.05, 3.63) is 65.8 Å². The van der Waals surface area contributed by atoms with Gasteiger partial charge in [-0.05, 0) is 86.5 Å². The molecule has 6 rings (SSSR count). The van der Waals surface area contributed by atoms with Gasteiger partial charge in [0.25, 0.3) is 0 Å². The number of hydrogen-bond donors (Lipinski definition) is 6. The van der Waals surface area contributed by atoms with Gasteiger partial charge in [0.1, 0.15) is 17.5 Å². The third-order valence-corrected chi connectivity index (χ3v) is 9.03. The number of guanidine groups is 1. The van der Waals surface area contributed by atoms with Crippen molar-refractivity contribution in [3.8, 4) is 5.75 Å². The van der Waals surface area contributed by atoms with E-state index in [1.165, 1.54) is 12.1 Å². The molecule has 0 radical (unpaired) electrons. The predicted octanol–water partition coefficient (Wildman–Crippen LogP) is 2.67. The van der Waals surface area contributed by atoms with Gasteiger partial charge in [0, 0.05) is 44.2 Å². The fraction of sp³-hybridized carbons (Fsp3) is 0.438. The van der Waals surface area contributed by atoms with E-state index in [-0.39, 0.29) is 35.8 Å². The number of nitrogens with two attached hydrogens (primary N) is 2. The minimum absolute atomic E-state index is 0.111. The maximum absolute atomic E-state index is 13.2. The zero-order valence-electron chi connectivity index (χ0n) is 25.2. The number of carbonyl (C=O) groups is 2. The fourth-order valence-corrected chi connectivity index (χ4v) is 6.54. The van der Waals surface area contributed by atoms with Crippen molar-refractivity contribution in [2.24, 2.45) is 21.5 Å². The number of nitrogens with one attached hydrogen (secondary N) is 4. The molecule has 3 heterocycles. The highest BCUT2D eigenvalue weighted by atomic mass is 19.1. The number of rotatable bonds is 8. The van der Waals surface area contributed by atoms with E-state index in [4.69, 9.17) is 21.2 Å². The molecule has 238 valence electrons. The number of quaternary nitrogens is 1. The van der Waals surface area contributed by atoms with Crippen molar-refractivity contribution in [1.29, 1.82) is 0 Å². The number of carbonyl (C=O) groups excluding carboxylic acids is 2. The van der Waals surface area contributed by atoms with E-state index in [9.17, 15) is 14.0 Å². The van der Waals surface area contributed by atoms with Crippen LogP contribution in [0.5, 0.6) is 5.75 Å². The Kier molecular flexibility index (Phi) is 9.26. The van der Waals surface area contributed by atoms with Crippen molar-refractivity contribution >= 4 is 35.2 Å². The molecule has 2 aromatic rings. The van der Waals surface area contributed by atoms with E-state index in [2.05, 4.69) is 27.0 Å². The molecule has 12 nitrogen and oxygen atoms in total. The number of hydrogen-bond acceptors (Lipinski definition) is 6. The SMILES string of the molecule is NC(N)=NCCCNC1CCC([NH+]2C=C3Oc4ccc(C5CCN(C(=O)Nc6ccc(F)cc6)CC5)cc4N=C3NC2=O)CC1. The molecule has 2 fully saturated rings. The van der Waals surface area contributed by atoms with E-state index >= 15 is 0 Å². The van der Waals surface area contributed by atoms with Gasteiger partial charge in [0.15, 0.2) is 23.7 Å². The van der Waals surface area contributed by atoms with E-state index < -0.39 is 0 Å². The van der Waals surface area contributed by atoms with Gasteiger partial charge >= 0.3 is 12.1 Å². The number of anilines is 1. The summed E-state index contributed by atoms with van der Waals surface area (Å²) in [5.41, 5.74) is 13.1. The van der Waals surface area contributed by atoms with Crippen LogP contribution in [0.3, 0.4) is 0 Å². The lowest BCUT2D eigenvalue weighted by atomic mass is 9.89. The molecule has 4 aliphatic rings. The van der Waals surface area contributed by atoms with Gasteiger partial charge in [-0.2, -0.15) is 0 Å². The van der Waals surface area contributed by atoms with Gasteiger partial charge in [-0.25, -0.2) is 23.9 Å². The van der Waals surface area contributed by atoms with Crippen LogP contribution in [0.4, 0.5) is 25.4 Å². The first-order valence-corrected chi connectivity index (χ1v) is 15.7. The number of amides is 4. The van der Waals surface area contributed by atoms with E-state index in [1.807, 2.05) is 18.3 Å². The number of amidine groups is 1. The lowest BCUT2D eigenvalue weighted by molar-refractivity contribution is -0.792. The lowest BCUT2D eigenvalue weighted by Gasteiger charge is -2.34. The summed E-state index contributed by atoms with van der Waals surface area (Å²) in [5.74, 6) is 1.73. The number of urea groups is 2. The Balaban J connectivity index is 1.02. The zero-order valence-corrected chi connectivity index (χ0v) is 25.2. The van der Waals surface area contributed by atoms with Gasteiger partial charge in [-0.1, -0.05) is 6.07 Å². The molecule has 3 aliphatic heterocycles. The van der Waals surface area contributed by atoms with Crippen molar-refractivity contribution in [1.82, 2.24) is 15.5 Å². The topological polar surface area (TPSA) is 164 Å². The number of benzene rings is 2. The summed E-state index contributed by atoms with van der Waals surface area (Å²) in [6, 6.07) is 12.1. The number of ether oxygens (including phenoxy) is 1. The monoisotopic (exact) mass is 618 g/mol. The molecule has 0 aromatic heterocycles. The Morgan fingerprint density at radius 2 is 1.84 bits per heavy atom. The third-order valence-electron chi connectivity index (χ3n) is 9.03. The number of likely N-dealkylation sites (tertiary alicyclic amines) is 1. The highest BCUT2D eigenvalue weighted by Crippen LogP contribution is 2.38. The summed E-state index contributed by atoms with van der Waals surface area (Å²) in [5, 5.41) is 9.39. The molecular formula is C32H41FN9O3+. The van der Waals surface area contributed by atoms with Crippen LogP contribution < -0.4 is 37.1 Å². The van der Waals surface area contributed by atoms with Crippen molar-refractivity contribution in [2.75, 3.05) is 31.5 Å². The van der Waals surface area contributed by atoms with Gasteiger partial charge < -0.3 is 31.7 Å². The zero-order chi connectivity index (χ0) is 31.3. The maximum Gasteiger partial charge on any atom is 0.425 e. The second kappa shape index (κ2) is 13.7. The number of aliphatic imine (C=N–C) groups is 2. The largest absolute Gasteiger partial charge is 0.446 e. The highest BCUT2D eigenvalue weighted by Gasteiger charge is 2.39. The second-order valence-corrected chi connectivity index (χ2v) is 12.1. The molecule has 0 spiro atoms. The summed E-state index contributed by atoms with van der Waals surface area (Å²) < 4.78 is 19.4. The minimum Gasteiger partial charge on any atom is -0.446 e. The molecule has 1 aliphatic carbocycles. The van der Waals surface area contributed by atoms with E-state index in [1.54, 1.807) is 17.0 Å². The fourth-order valence-electron chi connectivity index (χ4n) is 6.54. The molecule has 1 atom stereocenters. The Hall–Kier alpha value is -4.49. The summed E-state index contributed by atoms with van der Waals surface area (Å²) in [6.45, 7) is 2.69. The van der Waals surface area contributed by atoms with Crippen LogP contribution in [0.1, 0.15) is 56.4 Å². The predicted molar refractivity (Wildman–Crippen MR) is 170 cm³/mol. The second-order valence-electron chi connectivity index (χ2n) is 12.1. The van der Waals surface area contributed by atoms with Gasteiger partial charge in [-0.3, -0.25) is 10.3 Å². The van der Waals surface area contributed by atoms with Gasteiger partial charge in [0.2, 0.25) is 5.76 Å². The van der Waals surface area contributed by atoms with Crippen LogP contribution >= 0.6 is 0 Å². The standard InChI is InChI=1S/C32H40FN9O3/c33-22-3-5-24(6-4-22)38-31(43)41-16-12-20(13-17-41)21-2-11-27-26(18-21)39-29-28(45-27)19-42(32(44)40-29)25-9-7-23(8-10-25)36-14-1-15-37-30(34)35/h2-6,11,18-20,23,25,36H,1,7-10,12-17H2,(H,38,43)(H4,34,35,37)(H,39,40,44)/p+1. The van der Waals surface area contributed by atoms with Crippen molar-refractivity contribution < 1.29 is 23.6 Å². The Labute approximate surface area is 261 Å². The number of piperidine rings is 1.